The number of anilines is 1. The Morgan fingerprint density at radius 3 is 2.09 bits per heavy atom. The Morgan fingerprint density at radius 2 is 1.64 bits per heavy atom. The van der Waals surface area contributed by atoms with Gasteiger partial charge in [-0.3, -0.25) is 4.72 Å². The van der Waals surface area contributed by atoms with Crippen LogP contribution in [0.4, 0.5) is 5.69 Å². The summed E-state index contributed by atoms with van der Waals surface area (Å²) in [5.74, 6) is 0. The molecule has 5 heteroatoms. The minimum Gasteiger partial charge on any atom is -0.259 e. The molecule has 0 heterocycles. The monoisotopic (exact) mass is 172 g/mol. The SMILES string of the molecule is [O]S(=O)(=O)Nc1ccccc1. The summed E-state index contributed by atoms with van der Waals surface area (Å²) in [5, 5.41) is 0. The molecule has 0 saturated heterocycles. The molecule has 0 aromatic heterocycles. The van der Waals surface area contributed by atoms with Crippen LogP contribution in [0.25, 0.3) is 0 Å². The van der Waals surface area contributed by atoms with Crippen molar-refractivity contribution in [1.29, 1.82) is 0 Å². The number of hydrogen-bond donors (Lipinski definition) is 1. The van der Waals surface area contributed by atoms with Crippen LogP contribution in [0, 0.1) is 0 Å². The molecule has 0 unspecified atom stereocenters. The lowest BCUT2D eigenvalue weighted by molar-refractivity contribution is 0.420. The van der Waals surface area contributed by atoms with Crippen LogP contribution in [0.3, 0.4) is 0 Å². The van der Waals surface area contributed by atoms with Crippen LogP contribution in [0.2, 0.25) is 0 Å². The molecule has 0 amide bonds. The van der Waals surface area contributed by atoms with Gasteiger partial charge in [-0.05, 0) is 12.1 Å². The normalized spacial score (nSPS) is 11.0. The highest BCUT2D eigenvalue weighted by molar-refractivity contribution is 7.86. The second-order valence-corrected chi connectivity index (χ2v) is 3.03. The zero-order valence-corrected chi connectivity index (χ0v) is 6.34. The van der Waals surface area contributed by atoms with Crippen LogP contribution >= 0.6 is 0 Å². The Morgan fingerprint density at radius 1 is 1.09 bits per heavy atom. The molecule has 1 rings (SSSR count). The van der Waals surface area contributed by atoms with E-state index in [0.29, 0.717) is 0 Å². The molecule has 0 spiro atoms. The molecule has 4 nitrogen and oxygen atoms in total. The summed E-state index contributed by atoms with van der Waals surface area (Å²) in [6.07, 6.45) is 0. The number of rotatable bonds is 2. The van der Waals surface area contributed by atoms with Gasteiger partial charge in [0.2, 0.25) is 0 Å². The Bertz CT molecular complexity index is 319. The molecule has 0 aliphatic heterocycles. The van der Waals surface area contributed by atoms with Gasteiger partial charge in [0, 0.05) is 0 Å². The molecule has 1 N–H and O–H groups in total. The molecule has 11 heavy (non-hydrogen) atoms. The lowest BCUT2D eigenvalue weighted by Crippen LogP contribution is -2.08. The van der Waals surface area contributed by atoms with Crippen molar-refractivity contribution >= 4 is 16.0 Å². The quantitative estimate of drug-likeness (QED) is 0.716. The number of para-hydroxylation sites is 1. The summed E-state index contributed by atoms with van der Waals surface area (Å²) in [6.45, 7) is 0. The van der Waals surface area contributed by atoms with Crippen LogP contribution in [-0.4, -0.2) is 8.42 Å². The standard InChI is InChI=1S/C6H6NO3S/c8-11(9,10)7-6-4-2-1-3-5-6/h1-5,7H. The van der Waals surface area contributed by atoms with E-state index in [9.17, 15) is 13.0 Å². The van der Waals surface area contributed by atoms with Crippen molar-refractivity contribution in [3.63, 3.8) is 0 Å². The third-order valence-corrected chi connectivity index (χ3v) is 1.50. The van der Waals surface area contributed by atoms with Crippen LogP contribution in [0.15, 0.2) is 30.3 Å². The van der Waals surface area contributed by atoms with Crippen molar-refractivity contribution in [1.82, 2.24) is 0 Å². The molecule has 0 saturated carbocycles. The van der Waals surface area contributed by atoms with Crippen molar-refractivity contribution in [2.45, 2.75) is 0 Å². The van der Waals surface area contributed by atoms with Crippen LogP contribution < -0.4 is 4.72 Å². The predicted molar refractivity (Wildman–Crippen MR) is 39.7 cm³/mol. The first-order chi connectivity index (χ1) is 5.08. The molecular formula is C6H6NO3S. The first kappa shape index (κ1) is 8.03. The fourth-order valence-electron chi connectivity index (χ4n) is 0.651. The average Bonchev–Trinajstić information content (AvgIpc) is 1.85. The Kier molecular flexibility index (Phi) is 2.11. The maximum atomic E-state index is 10.1. The van der Waals surface area contributed by atoms with E-state index in [4.69, 9.17) is 0 Å². The first-order valence-corrected chi connectivity index (χ1v) is 4.27. The van der Waals surface area contributed by atoms with E-state index < -0.39 is 10.3 Å². The van der Waals surface area contributed by atoms with E-state index >= 15 is 0 Å². The van der Waals surface area contributed by atoms with E-state index in [0.717, 1.165) is 0 Å². The predicted octanol–water partition coefficient (Wildman–Crippen LogP) is 0.774. The fourth-order valence-corrected chi connectivity index (χ4v) is 1.08. The Balaban J connectivity index is 2.82. The lowest BCUT2D eigenvalue weighted by Gasteiger charge is -1.97. The highest BCUT2D eigenvalue weighted by atomic mass is 32.2. The third-order valence-electron chi connectivity index (χ3n) is 1.02. The second kappa shape index (κ2) is 2.89. The van der Waals surface area contributed by atoms with Gasteiger partial charge in [0.1, 0.15) is 0 Å². The number of nitrogens with one attached hydrogen (secondary N) is 1. The molecular weight excluding hydrogens is 166 g/mol. The Hall–Kier alpha value is -1.07. The summed E-state index contributed by atoms with van der Waals surface area (Å²) in [5.41, 5.74) is 0.280. The summed E-state index contributed by atoms with van der Waals surface area (Å²) in [4.78, 5) is 0. The summed E-state index contributed by atoms with van der Waals surface area (Å²) >= 11 is 0. The van der Waals surface area contributed by atoms with Crippen molar-refractivity contribution in [3.8, 4) is 0 Å². The number of hydrogen-bond acceptors (Lipinski definition) is 2. The van der Waals surface area contributed by atoms with Gasteiger partial charge in [-0.25, -0.2) is 0 Å². The highest BCUT2D eigenvalue weighted by Gasteiger charge is 2.03. The maximum Gasteiger partial charge on any atom is 0.387 e. The molecule has 0 aliphatic rings. The van der Waals surface area contributed by atoms with Crippen LogP contribution in [-0.2, 0) is 14.9 Å². The summed E-state index contributed by atoms with van der Waals surface area (Å²) < 4.78 is 32.2. The van der Waals surface area contributed by atoms with Gasteiger partial charge in [0.25, 0.3) is 0 Å². The van der Waals surface area contributed by atoms with E-state index in [1.807, 2.05) is 0 Å². The van der Waals surface area contributed by atoms with Crippen molar-refractivity contribution in [3.05, 3.63) is 30.3 Å². The van der Waals surface area contributed by atoms with Crippen molar-refractivity contribution in [2.24, 2.45) is 0 Å². The maximum absolute atomic E-state index is 10.1. The van der Waals surface area contributed by atoms with Gasteiger partial charge in [-0.2, -0.15) is 8.42 Å². The molecule has 1 aromatic rings. The van der Waals surface area contributed by atoms with E-state index in [-0.39, 0.29) is 5.69 Å². The fraction of sp³-hybridized carbons (Fsp3) is 0. The summed E-state index contributed by atoms with van der Waals surface area (Å²) in [6, 6.07) is 7.98. The Labute approximate surface area is 64.7 Å². The highest BCUT2D eigenvalue weighted by Crippen LogP contribution is 2.05. The van der Waals surface area contributed by atoms with Gasteiger partial charge in [0.05, 0.1) is 5.69 Å². The number of benzene rings is 1. The lowest BCUT2D eigenvalue weighted by atomic mass is 10.3. The summed E-state index contributed by atoms with van der Waals surface area (Å²) in [7, 11) is -4.38. The second-order valence-electron chi connectivity index (χ2n) is 1.92. The van der Waals surface area contributed by atoms with E-state index in [2.05, 4.69) is 0 Å². The molecule has 0 atom stereocenters. The third kappa shape index (κ3) is 3.01. The molecule has 0 bridgehead atoms. The minimum atomic E-state index is -4.38. The van der Waals surface area contributed by atoms with Gasteiger partial charge < -0.3 is 0 Å². The van der Waals surface area contributed by atoms with Crippen LogP contribution in [0.5, 0.6) is 0 Å². The minimum absolute atomic E-state index is 0.280. The van der Waals surface area contributed by atoms with E-state index in [1.165, 1.54) is 12.1 Å². The molecule has 1 aromatic carbocycles. The largest absolute Gasteiger partial charge is 0.387 e. The molecule has 59 valence electrons. The zero-order valence-electron chi connectivity index (χ0n) is 5.52. The van der Waals surface area contributed by atoms with Crippen molar-refractivity contribution in [2.75, 3.05) is 4.72 Å². The average molecular weight is 172 g/mol. The zero-order chi connectivity index (χ0) is 8.32. The molecule has 0 fully saturated rings. The van der Waals surface area contributed by atoms with Gasteiger partial charge in [0.15, 0.2) is 0 Å². The van der Waals surface area contributed by atoms with E-state index in [1.54, 1.807) is 22.9 Å². The first-order valence-electron chi connectivity index (χ1n) is 2.86. The van der Waals surface area contributed by atoms with Crippen LogP contribution in [0.1, 0.15) is 0 Å². The van der Waals surface area contributed by atoms with Crippen molar-refractivity contribution < 1.29 is 13.0 Å². The van der Waals surface area contributed by atoms with Gasteiger partial charge in [-0.15, -0.1) is 0 Å². The van der Waals surface area contributed by atoms with Gasteiger partial charge >= 0.3 is 10.3 Å². The molecule has 1 radical (unpaired) electrons. The molecule has 0 aliphatic carbocycles. The topological polar surface area (TPSA) is 66.1 Å². The van der Waals surface area contributed by atoms with Gasteiger partial charge in [-0.1, -0.05) is 22.8 Å². The smallest absolute Gasteiger partial charge is 0.259 e.